The molecule has 0 heterocycles. The van der Waals surface area contributed by atoms with Crippen LogP contribution in [0.25, 0.3) is 0 Å². The van der Waals surface area contributed by atoms with Gasteiger partial charge >= 0.3 is 0 Å². The molecule has 0 bridgehead atoms. The molecule has 0 atom stereocenters. The van der Waals surface area contributed by atoms with E-state index in [0.29, 0.717) is 0 Å². The zero-order valence-electron chi connectivity index (χ0n) is 7.34. The molecule has 0 unspecified atom stereocenters. The SMILES string of the molecule is C=C/C=C\C#CC1=CCCCC1. The third-order valence-corrected chi connectivity index (χ3v) is 1.84. The Morgan fingerprint density at radius 2 is 2.33 bits per heavy atom. The third kappa shape index (κ3) is 3.25. The first-order valence-electron chi connectivity index (χ1n) is 4.41. The minimum atomic E-state index is 1.16. The fourth-order valence-electron chi connectivity index (χ4n) is 1.20. The summed E-state index contributed by atoms with van der Waals surface area (Å²) in [5.74, 6) is 6.12. The van der Waals surface area contributed by atoms with Crippen molar-refractivity contribution in [3.05, 3.63) is 36.5 Å². The van der Waals surface area contributed by atoms with Gasteiger partial charge in [0.2, 0.25) is 0 Å². The van der Waals surface area contributed by atoms with Crippen molar-refractivity contribution in [2.45, 2.75) is 25.7 Å². The smallest absolute Gasteiger partial charge is 0.00160 e. The second-order valence-electron chi connectivity index (χ2n) is 2.84. The lowest BCUT2D eigenvalue weighted by Crippen LogP contribution is -1.87. The summed E-state index contributed by atoms with van der Waals surface area (Å²) in [5.41, 5.74) is 1.30. The van der Waals surface area contributed by atoms with E-state index in [9.17, 15) is 0 Å². The third-order valence-electron chi connectivity index (χ3n) is 1.84. The van der Waals surface area contributed by atoms with E-state index in [1.807, 2.05) is 12.2 Å². The molecular weight excluding hydrogens is 144 g/mol. The lowest BCUT2D eigenvalue weighted by molar-refractivity contribution is 0.715. The standard InChI is InChI=1S/C12H14/c1-2-3-4-6-9-12-10-7-5-8-11-12/h2-4,10H,1,5,7-8,11H2/b4-3-. The van der Waals surface area contributed by atoms with E-state index >= 15 is 0 Å². The first kappa shape index (κ1) is 8.87. The van der Waals surface area contributed by atoms with E-state index in [0.717, 1.165) is 6.42 Å². The molecule has 1 aliphatic carbocycles. The van der Waals surface area contributed by atoms with Crippen LogP contribution in [-0.4, -0.2) is 0 Å². The number of rotatable bonds is 1. The fourth-order valence-corrected chi connectivity index (χ4v) is 1.20. The van der Waals surface area contributed by atoms with Crippen molar-refractivity contribution in [3.63, 3.8) is 0 Å². The lowest BCUT2D eigenvalue weighted by atomic mass is 10.0. The van der Waals surface area contributed by atoms with Gasteiger partial charge in [0.25, 0.3) is 0 Å². The van der Waals surface area contributed by atoms with E-state index in [4.69, 9.17) is 0 Å². The Morgan fingerprint density at radius 3 is 3.00 bits per heavy atom. The van der Waals surface area contributed by atoms with Crippen LogP contribution in [0.2, 0.25) is 0 Å². The maximum absolute atomic E-state index is 3.58. The van der Waals surface area contributed by atoms with Crippen molar-refractivity contribution in [1.29, 1.82) is 0 Å². The first-order valence-corrected chi connectivity index (χ1v) is 4.41. The highest BCUT2D eigenvalue weighted by atomic mass is 14.0. The summed E-state index contributed by atoms with van der Waals surface area (Å²) in [4.78, 5) is 0. The fraction of sp³-hybridized carbons (Fsp3) is 0.333. The van der Waals surface area contributed by atoms with Crippen LogP contribution >= 0.6 is 0 Å². The van der Waals surface area contributed by atoms with Crippen LogP contribution in [0.1, 0.15) is 25.7 Å². The number of hydrogen-bond donors (Lipinski definition) is 0. The molecule has 0 nitrogen and oxygen atoms in total. The van der Waals surface area contributed by atoms with Crippen LogP contribution in [0.4, 0.5) is 0 Å². The number of allylic oxidation sites excluding steroid dienone is 5. The molecule has 12 heavy (non-hydrogen) atoms. The molecule has 0 fully saturated rings. The van der Waals surface area contributed by atoms with Crippen LogP contribution in [-0.2, 0) is 0 Å². The quantitative estimate of drug-likeness (QED) is 0.406. The Bertz CT molecular complexity index is 255. The number of hydrogen-bond acceptors (Lipinski definition) is 0. The predicted molar refractivity (Wildman–Crippen MR) is 53.7 cm³/mol. The van der Waals surface area contributed by atoms with Crippen molar-refractivity contribution >= 4 is 0 Å². The molecular formula is C12H14. The first-order chi connectivity index (χ1) is 5.93. The molecule has 0 saturated heterocycles. The zero-order valence-corrected chi connectivity index (χ0v) is 7.34. The second kappa shape index (κ2) is 5.43. The minimum absolute atomic E-state index is 1.16. The summed E-state index contributed by atoms with van der Waals surface area (Å²) in [5, 5.41) is 0. The summed E-state index contributed by atoms with van der Waals surface area (Å²) >= 11 is 0. The molecule has 1 rings (SSSR count). The topological polar surface area (TPSA) is 0 Å². The van der Waals surface area contributed by atoms with Gasteiger partial charge in [-0.3, -0.25) is 0 Å². The highest BCUT2D eigenvalue weighted by molar-refractivity contribution is 5.34. The van der Waals surface area contributed by atoms with E-state index in [-0.39, 0.29) is 0 Å². The molecule has 0 aromatic rings. The van der Waals surface area contributed by atoms with Gasteiger partial charge in [0.1, 0.15) is 0 Å². The minimum Gasteiger partial charge on any atom is -0.0990 e. The molecule has 0 N–H and O–H groups in total. The van der Waals surface area contributed by atoms with Gasteiger partial charge in [-0.05, 0) is 37.3 Å². The van der Waals surface area contributed by atoms with Crippen molar-refractivity contribution in [2.75, 3.05) is 0 Å². The molecule has 1 aliphatic rings. The Kier molecular flexibility index (Phi) is 4.02. The van der Waals surface area contributed by atoms with Crippen LogP contribution in [0.5, 0.6) is 0 Å². The van der Waals surface area contributed by atoms with Gasteiger partial charge in [0, 0.05) is 0 Å². The van der Waals surface area contributed by atoms with E-state index in [2.05, 4.69) is 24.5 Å². The summed E-state index contributed by atoms with van der Waals surface area (Å²) in [6, 6.07) is 0. The highest BCUT2D eigenvalue weighted by Crippen LogP contribution is 2.15. The molecule has 0 aromatic heterocycles. The molecule has 0 aliphatic heterocycles. The summed E-state index contributed by atoms with van der Waals surface area (Å²) in [7, 11) is 0. The van der Waals surface area contributed by atoms with Gasteiger partial charge in [-0.25, -0.2) is 0 Å². The monoisotopic (exact) mass is 158 g/mol. The largest absolute Gasteiger partial charge is 0.0990 e. The molecule has 62 valence electrons. The highest BCUT2D eigenvalue weighted by Gasteiger charge is 1.98. The summed E-state index contributed by atoms with van der Waals surface area (Å²) < 4.78 is 0. The van der Waals surface area contributed by atoms with Crippen molar-refractivity contribution < 1.29 is 0 Å². The van der Waals surface area contributed by atoms with Gasteiger partial charge in [-0.15, -0.1) is 0 Å². The molecule has 0 amide bonds. The molecule has 0 saturated carbocycles. The molecule has 0 radical (unpaired) electrons. The van der Waals surface area contributed by atoms with E-state index in [1.165, 1.54) is 24.8 Å². The van der Waals surface area contributed by atoms with Crippen LogP contribution in [0, 0.1) is 11.8 Å². The van der Waals surface area contributed by atoms with E-state index in [1.54, 1.807) is 6.08 Å². The van der Waals surface area contributed by atoms with Crippen molar-refractivity contribution in [2.24, 2.45) is 0 Å². The Labute approximate surface area is 74.7 Å². The van der Waals surface area contributed by atoms with Gasteiger partial charge in [-0.2, -0.15) is 0 Å². The van der Waals surface area contributed by atoms with Gasteiger partial charge in [0.15, 0.2) is 0 Å². The average molecular weight is 158 g/mol. The van der Waals surface area contributed by atoms with Gasteiger partial charge < -0.3 is 0 Å². The molecule has 0 aromatic carbocycles. The Morgan fingerprint density at radius 1 is 1.42 bits per heavy atom. The average Bonchev–Trinajstić information content (AvgIpc) is 2.14. The lowest BCUT2D eigenvalue weighted by Gasteiger charge is -2.05. The Hall–Kier alpha value is -1.22. The van der Waals surface area contributed by atoms with E-state index < -0.39 is 0 Å². The van der Waals surface area contributed by atoms with Crippen LogP contribution < -0.4 is 0 Å². The summed E-state index contributed by atoms with van der Waals surface area (Å²) in [6.07, 6.45) is 12.7. The molecule has 0 heteroatoms. The van der Waals surface area contributed by atoms with Crippen molar-refractivity contribution in [3.8, 4) is 11.8 Å². The van der Waals surface area contributed by atoms with Crippen LogP contribution in [0.15, 0.2) is 36.5 Å². The summed E-state index contributed by atoms with van der Waals surface area (Å²) in [6.45, 7) is 3.58. The zero-order chi connectivity index (χ0) is 8.65. The molecule has 0 spiro atoms. The maximum atomic E-state index is 3.58. The van der Waals surface area contributed by atoms with Gasteiger partial charge in [-0.1, -0.05) is 36.6 Å². The van der Waals surface area contributed by atoms with Gasteiger partial charge in [0.05, 0.1) is 0 Å². The normalized spacial score (nSPS) is 16.5. The predicted octanol–water partition coefficient (Wildman–Crippen LogP) is 3.23. The Balaban J connectivity index is 2.46. The van der Waals surface area contributed by atoms with Crippen LogP contribution in [0.3, 0.4) is 0 Å². The second-order valence-corrected chi connectivity index (χ2v) is 2.84. The van der Waals surface area contributed by atoms with Crippen molar-refractivity contribution in [1.82, 2.24) is 0 Å². The maximum Gasteiger partial charge on any atom is -0.00160 e.